The van der Waals surface area contributed by atoms with Crippen LogP contribution in [0.4, 0.5) is 4.79 Å². The van der Waals surface area contributed by atoms with Crippen molar-refractivity contribution in [2.24, 2.45) is 17.8 Å². The monoisotopic (exact) mass is 399 g/mol. The van der Waals surface area contributed by atoms with Crippen LogP contribution in [0.3, 0.4) is 0 Å². The molecule has 0 saturated heterocycles. The number of hydrogen-bond donors (Lipinski definition) is 3. The van der Waals surface area contributed by atoms with Crippen molar-refractivity contribution in [3.05, 3.63) is 29.8 Å². The quantitative estimate of drug-likeness (QED) is 0.629. The van der Waals surface area contributed by atoms with Crippen LogP contribution in [-0.2, 0) is 11.2 Å². The van der Waals surface area contributed by atoms with Gasteiger partial charge in [-0.1, -0.05) is 12.1 Å². The second kappa shape index (κ2) is 8.64. The molecule has 0 spiro atoms. The molecule has 6 nitrogen and oxygen atoms in total. The third-order valence-corrected chi connectivity index (χ3v) is 6.95. The zero-order valence-electron chi connectivity index (χ0n) is 17.3. The summed E-state index contributed by atoms with van der Waals surface area (Å²) in [6, 6.07) is 7.73. The fraction of sp³-hybridized carbons (Fsp3) is 0.652. The van der Waals surface area contributed by atoms with Crippen LogP contribution in [0.1, 0.15) is 50.5 Å². The molecule has 0 atom stereocenters. The summed E-state index contributed by atoms with van der Waals surface area (Å²) in [6.45, 7) is 0.956. The van der Waals surface area contributed by atoms with Crippen LogP contribution in [0.15, 0.2) is 24.3 Å². The van der Waals surface area contributed by atoms with Gasteiger partial charge in [0.05, 0.1) is 7.11 Å². The third-order valence-electron chi connectivity index (χ3n) is 6.95. The summed E-state index contributed by atoms with van der Waals surface area (Å²) in [7, 11) is 1.65. The summed E-state index contributed by atoms with van der Waals surface area (Å²) in [5.74, 6) is 3.21. The molecule has 4 fully saturated rings. The Morgan fingerprint density at radius 3 is 2.17 bits per heavy atom. The highest BCUT2D eigenvalue weighted by molar-refractivity contribution is 5.78. The van der Waals surface area contributed by atoms with Gasteiger partial charge in [-0.25, -0.2) is 4.79 Å². The van der Waals surface area contributed by atoms with Gasteiger partial charge in [0.25, 0.3) is 0 Å². The highest BCUT2D eigenvalue weighted by atomic mass is 16.5. The van der Waals surface area contributed by atoms with Crippen LogP contribution >= 0.6 is 0 Å². The van der Waals surface area contributed by atoms with E-state index in [4.69, 9.17) is 4.74 Å². The van der Waals surface area contributed by atoms with Crippen molar-refractivity contribution in [2.75, 3.05) is 20.2 Å². The fourth-order valence-electron chi connectivity index (χ4n) is 6.07. The molecule has 1 aromatic carbocycles. The van der Waals surface area contributed by atoms with E-state index in [0.29, 0.717) is 19.5 Å². The molecular weight excluding hydrogens is 366 g/mol. The summed E-state index contributed by atoms with van der Waals surface area (Å²) in [5.41, 5.74) is 1.17. The Hall–Kier alpha value is -2.24. The first kappa shape index (κ1) is 20.0. The van der Waals surface area contributed by atoms with Crippen LogP contribution in [0.2, 0.25) is 0 Å². The maximum Gasteiger partial charge on any atom is 0.315 e. The van der Waals surface area contributed by atoms with E-state index in [1.807, 2.05) is 24.3 Å². The zero-order chi connectivity index (χ0) is 20.3. The zero-order valence-corrected chi connectivity index (χ0v) is 17.3. The number of ether oxygens (including phenoxy) is 1. The van der Waals surface area contributed by atoms with Crippen molar-refractivity contribution < 1.29 is 14.3 Å². The normalized spacial score (nSPS) is 29.3. The van der Waals surface area contributed by atoms with Crippen molar-refractivity contribution in [1.82, 2.24) is 16.0 Å². The van der Waals surface area contributed by atoms with Gasteiger partial charge in [-0.05, 0) is 80.4 Å². The summed E-state index contributed by atoms with van der Waals surface area (Å²) in [4.78, 5) is 24.4. The van der Waals surface area contributed by atoms with Gasteiger partial charge in [0.1, 0.15) is 5.75 Å². The first-order valence-electron chi connectivity index (χ1n) is 11.0. The molecule has 0 aromatic heterocycles. The summed E-state index contributed by atoms with van der Waals surface area (Å²) < 4.78 is 5.14. The van der Waals surface area contributed by atoms with Gasteiger partial charge in [0.15, 0.2) is 0 Å². The number of urea groups is 1. The topological polar surface area (TPSA) is 79.5 Å². The largest absolute Gasteiger partial charge is 0.497 e. The lowest BCUT2D eigenvalue weighted by Crippen LogP contribution is -2.61. The Balaban J connectivity index is 1.12. The molecule has 4 aliphatic carbocycles. The maximum atomic E-state index is 12.4. The number of carbonyl (C=O) groups excluding carboxylic acids is 2. The molecule has 0 radical (unpaired) electrons. The minimum atomic E-state index is -0.113. The van der Waals surface area contributed by atoms with Crippen molar-refractivity contribution in [3.8, 4) is 5.75 Å². The van der Waals surface area contributed by atoms with E-state index < -0.39 is 0 Å². The summed E-state index contributed by atoms with van der Waals surface area (Å²) in [5, 5.41) is 9.08. The number of hydrogen-bond acceptors (Lipinski definition) is 3. The first-order valence-corrected chi connectivity index (χ1v) is 11.0. The molecule has 5 rings (SSSR count). The van der Waals surface area contributed by atoms with Crippen LogP contribution in [0.5, 0.6) is 5.75 Å². The SMILES string of the molecule is COc1ccc(CCNC(=O)CCNC(=O)NC23CC4CC(CC(C4)C2)C3)cc1. The van der Waals surface area contributed by atoms with Crippen molar-refractivity contribution in [2.45, 2.75) is 56.9 Å². The van der Waals surface area contributed by atoms with Gasteiger partial charge in [0, 0.05) is 25.0 Å². The number of carbonyl (C=O) groups is 2. The summed E-state index contributed by atoms with van der Waals surface area (Å²) >= 11 is 0. The van der Waals surface area contributed by atoms with E-state index >= 15 is 0 Å². The Morgan fingerprint density at radius 1 is 0.966 bits per heavy atom. The minimum Gasteiger partial charge on any atom is -0.497 e. The molecule has 158 valence electrons. The molecule has 0 unspecified atom stereocenters. The molecule has 4 bridgehead atoms. The predicted octanol–water partition coefficient (Wildman–Crippen LogP) is 3.01. The third kappa shape index (κ3) is 5.03. The summed E-state index contributed by atoms with van der Waals surface area (Å²) in [6.07, 6.45) is 8.57. The van der Waals surface area contributed by atoms with Gasteiger partial charge in [-0.2, -0.15) is 0 Å². The van der Waals surface area contributed by atoms with Crippen molar-refractivity contribution in [3.63, 3.8) is 0 Å². The van der Waals surface area contributed by atoms with Crippen LogP contribution in [-0.4, -0.2) is 37.7 Å². The highest BCUT2D eigenvalue weighted by Gasteiger charge is 2.51. The van der Waals surface area contributed by atoms with Crippen LogP contribution < -0.4 is 20.7 Å². The second-order valence-corrected chi connectivity index (χ2v) is 9.28. The molecule has 0 aliphatic heterocycles. The number of amides is 3. The molecular formula is C23H33N3O3. The van der Waals surface area contributed by atoms with E-state index in [-0.39, 0.29) is 17.5 Å². The van der Waals surface area contributed by atoms with Crippen LogP contribution in [0, 0.1) is 17.8 Å². The highest BCUT2D eigenvalue weighted by Crippen LogP contribution is 2.55. The molecule has 1 aromatic rings. The number of benzene rings is 1. The average Bonchev–Trinajstić information content (AvgIpc) is 2.67. The molecule has 3 amide bonds. The molecule has 4 aliphatic rings. The van der Waals surface area contributed by atoms with Crippen molar-refractivity contribution in [1.29, 1.82) is 0 Å². The van der Waals surface area contributed by atoms with E-state index in [2.05, 4.69) is 16.0 Å². The average molecular weight is 400 g/mol. The fourth-order valence-corrected chi connectivity index (χ4v) is 6.07. The number of nitrogens with one attached hydrogen (secondary N) is 3. The lowest BCUT2D eigenvalue weighted by molar-refractivity contribution is -0.120. The van der Waals surface area contributed by atoms with Gasteiger partial charge in [-0.3, -0.25) is 4.79 Å². The second-order valence-electron chi connectivity index (χ2n) is 9.28. The van der Waals surface area contributed by atoms with E-state index in [0.717, 1.165) is 54.7 Å². The molecule has 29 heavy (non-hydrogen) atoms. The Kier molecular flexibility index (Phi) is 5.97. The molecule has 3 N–H and O–H groups in total. The Morgan fingerprint density at radius 2 is 1.59 bits per heavy atom. The van der Waals surface area contributed by atoms with Gasteiger partial charge >= 0.3 is 6.03 Å². The lowest BCUT2D eigenvalue weighted by atomic mass is 9.53. The first-order chi connectivity index (χ1) is 14.0. The van der Waals surface area contributed by atoms with Gasteiger partial charge < -0.3 is 20.7 Å². The van der Waals surface area contributed by atoms with Gasteiger partial charge in [-0.15, -0.1) is 0 Å². The van der Waals surface area contributed by atoms with Crippen molar-refractivity contribution >= 4 is 11.9 Å². The lowest BCUT2D eigenvalue weighted by Gasteiger charge is -2.56. The smallest absolute Gasteiger partial charge is 0.315 e. The van der Waals surface area contributed by atoms with E-state index in [1.54, 1.807) is 7.11 Å². The number of rotatable bonds is 8. The van der Waals surface area contributed by atoms with E-state index in [1.165, 1.54) is 19.3 Å². The molecule has 4 saturated carbocycles. The minimum absolute atomic E-state index is 0.0134. The molecule has 6 heteroatoms. The maximum absolute atomic E-state index is 12.4. The van der Waals surface area contributed by atoms with Crippen LogP contribution in [0.25, 0.3) is 0 Å². The predicted molar refractivity (Wildman–Crippen MR) is 112 cm³/mol. The van der Waals surface area contributed by atoms with Gasteiger partial charge in [0.2, 0.25) is 5.91 Å². The Bertz CT molecular complexity index is 696. The molecule has 0 heterocycles. The number of methoxy groups -OCH3 is 1. The standard InChI is InChI=1S/C23H33N3O3/c1-29-20-4-2-16(3-5-20)6-8-24-21(27)7-9-25-22(28)26-23-13-17-10-18(14-23)12-19(11-17)15-23/h2-5,17-19H,6-15H2,1H3,(H,24,27)(H2,25,26,28). The van der Waals surface area contributed by atoms with E-state index in [9.17, 15) is 9.59 Å². The Labute approximate surface area is 173 Å².